The molecule has 1 fully saturated rings. The quantitative estimate of drug-likeness (QED) is 0.304. The number of aryl methyl sites for hydroxylation is 2. The molecule has 1 aliphatic rings. The van der Waals surface area contributed by atoms with Crippen molar-refractivity contribution in [3.63, 3.8) is 0 Å². The van der Waals surface area contributed by atoms with Crippen LogP contribution in [0.4, 0.5) is 0 Å². The van der Waals surface area contributed by atoms with E-state index in [1.165, 1.54) is 4.68 Å². The van der Waals surface area contributed by atoms with Gasteiger partial charge in [0.15, 0.2) is 11.7 Å². The number of nitrogens with zero attached hydrogens (tertiary/aromatic N) is 5. The first-order valence-corrected chi connectivity index (χ1v) is 14.0. The molecule has 1 saturated heterocycles. The average Bonchev–Trinajstić information content (AvgIpc) is 3.23. The lowest BCUT2D eigenvalue weighted by molar-refractivity contribution is -0.0311. The van der Waals surface area contributed by atoms with Crippen molar-refractivity contribution < 1.29 is 51.2 Å². The Labute approximate surface area is 185 Å². The molecule has 0 bridgehead atoms. The van der Waals surface area contributed by atoms with Crippen molar-refractivity contribution in [1.82, 2.24) is 24.8 Å². The summed E-state index contributed by atoms with van der Waals surface area (Å²) in [6, 6.07) is 0. The standard InChI is InChI=1S/C13H22N5O12P3/c1-3-4-9-11-12(17(2)15-9)13(19)18(16-14-11)10-6-5-8(28-10)7-27-32(23,24)30-33(25,26)29-31(20,21)22/h8,10H,3-7H2,1-2H3,(H,23,24)(H,25,26)(H2,20,21,22). The maximum absolute atomic E-state index is 12.9. The van der Waals surface area contributed by atoms with Gasteiger partial charge >= 0.3 is 23.5 Å². The van der Waals surface area contributed by atoms with Gasteiger partial charge in [0.25, 0.3) is 5.56 Å². The Kier molecular flexibility index (Phi) is 7.73. The van der Waals surface area contributed by atoms with Crippen LogP contribution in [0.2, 0.25) is 0 Å². The lowest BCUT2D eigenvalue weighted by Crippen LogP contribution is -2.30. The van der Waals surface area contributed by atoms with Crippen LogP contribution in [0.5, 0.6) is 0 Å². The predicted molar refractivity (Wildman–Crippen MR) is 108 cm³/mol. The van der Waals surface area contributed by atoms with Crippen LogP contribution < -0.4 is 5.56 Å². The van der Waals surface area contributed by atoms with Crippen molar-refractivity contribution in [2.45, 2.75) is 44.9 Å². The maximum atomic E-state index is 12.9. The minimum Gasteiger partial charge on any atom is -0.351 e. The van der Waals surface area contributed by atoms with Crippen molar-refractivity contribution in [3.8, 4) is 0 Å². The number of hydrogen-bond acceptors (Lipinski definition) is 11. The van der Waals surface area contributed by atoms with Crippen LogP contribution in [-0.2, 0) is 45.0 Å². The Morgan fingerprint density at radius 1 is 1.12 bits per heavy atom. The molecule has 2 aromatic heterocycles. The highest BCUT2D eigenvalue weighted by atomic mass is 31.3. The third kappa shape index (κ3) is 6.62. The van der Waals surface area contributed by atoms with Crippen molar-refractivity contribution in [2.75, 3.05) is 6.61 Å². The molecule has 4 atom stereocenters. The van der Waals surface area contributed by atoms with Crippen LogP contribution in [0.1, 0.15) is 38.1 Å². The molecule has 4 N–H and O–H groups in total. The molecular weight excluding hydrogens is 511 g/mol. The topological polar surface area (TPSA) is 235 Å². The highest BCUT2D eigenvalue weighted by Crippen LogP contribution is 2.66. The van der Waals surface area contributed by atoms with Gasteiger partial charge in [-0.25, -0.2) is 13.7 Å². The first-order valence-electron chi connectivity index (χ1n) is 9.46. The number of aromatic nitrogens is 5. The van der Waals surface area contributed by atoms with Gasteiger partial charge in [-0.15, -0.1) is 5.10 Å². The summed E-state index contributed by atoms with van der Waals surface area (Å²) in [4.78, 5) is 48.6. The Morgan fingerprint density at radius 3 is 2.45 bits per heavy atom. The summed E-state index contributed by atoms with van der Waals surface area (Å²) in [5.74, 6) is 0. The fraction of sp³-hybridized carbons (Fsp3) is 0.692. The van der Waals surface area contributed by atoms with Crippen LogP contribution in [0.15, 0.2) is 4.79 Å². The van der Waals surface area contributed by atoms with Crippen LogP contribution in [-0.4, -0.2) is 57.1 Å². The number of phosphoric acid groups is 3. The second-order valence-electron chi connectivity index (χ2n) is 7.03. The number of ether oxygens (including phenoxy) is 1. The van der Waals surface area contributed by atoms with Gasteiger partial charge in [-0.2, -0.15) is 18.4 Å². The molecule has 3 heterocycles. The molecule has 0 saturated carbocycles. The van der Waals surface area contributed by atoms with Crippen LogP contribution in [0.25, 0.3) is 11.0 Å². The van der Waals surface area contributed by atoms with Gasteiger partial charge in [0.2, 0.25) is 0 Å². The number of phosphoric ester groups is 1. The Morgan fingerprint density at radius 2 is 1.82 bits per heavy atom. The first kappa shape index (κ1) is 26.3. The van der Waals surface area contributed by atoms with E-state index in [4.69, 9.17) is 19.4 Å². The van der Waals surface area contributed by atoms with Crippen LogP contribution >= 0.6 is 23.5 Å². The van der Waals surface area contributed by atoms with Crippen LogP contribution in [0.3, 0.4) is 0 Å². The van der Waals surface area contributed by atoms with Gasteiger partial charge in [-0.05, 0) is 19.3 Å². The summed E-state index contributed by atoms with van der Waals surface area (Å²) in [7, 11) is -14.8. The highest BCUT2D eigenvalue weighted by Gasteiger charge is 2.41. The van der Waals surface area contributed by atoms with E-state index in [1.54, 1.807) is 7.05 Å². The van der Waals surface area contributed by atoms with E-state index in [-0.39, 0.29) is 18.4 Å². The van der Waals surface area contributed by atoms with Gasteiger partial charge < -0.3 is 24.3 Å². The van der Waals surface area contributed by atoms with Gasteiger partial charge in [0, 0.05) is 7.05 Å². The lowest BCUT2D eigenvalue weighted by Gasteiger charge is -2.18. The third-order valence-corrected chi connectivity index (χ3v) is 8.23. The summed E-state index contributed by atoms with van der Waals surface area (Å²) >= 11 is 0. The van der Waals surface area contributed by atoms with E-state index in [9.17, 15) is 23.4 Å². The van der Waals surface area contributed by atoms with Crippen molar-refractivity contribution in [2.24, 2.45) is 7.05 Å². The zero-order valence-corrected chi connectivity index (χ0v) is 20.0. The van der Waals surface area contributed by atoms with Gasteiger partial charge in [-0.1, -0.05) is 18.6 Å². The summed E-state index contributed by atoms with van der Waals surface area (Å²) in [6.45, 7) is 1.35. The molecule has 33 heavy (non-hydrogen) atoms. The van der Waals surface area contributed by atoms with E-state index in [0.29, 0.717) is 17.6 Å². The third-order valence-electron chi connectivity index (χ3n) is 4.43. The number of fused-ring (bicyclic) bond motifs is 1. The average molecular weight is 533 g/mol. The summed E-state index contributed by atoms with van der Waals surface area (Å²) in [5, 5.41) is 12.3. The van der Waals surface area contributed by atoms with Gasteiger partial charge in [-0.3, -0.25) is 14.0 Å². The molecule has 0 amide bonds. The van der Waals surface area contributed by atoms with Gasteiger partial charge in [0.1, 0.15) is 5.52 Å². The van der Waals surface area contributed by atoms with Crippen molar-refractivity contribution >= 4 is 34.5 Å². The van der Waals surface area contributed by atoms with E-state index < -0.39 is 48.0 Å². The molecule has 17 nitrogen and oxygen atoms in total. The van der Waals surface area contributed by atoms with E-state index in [1.807, 2.05) is 6.92 Å². The minimum atomic E-state index is -5.61. The second kappa shape index (κ2) is 9.72. The van der Waals surface area contributed by atoms with Crippen molar-refractivity contribution in [1.29, 1.82) is 0 Å². The molecule has 20 heteroatoms. The highest BCUT2D eigenvalue weighted by molar-refractivity contribution is 7.66. The fourth-order valence-electron chi connectivity index (χ4n) is 3.22. The predicted octanol–water partition coefficient (Wildman–Crippen LogP) is 0.498. The molecule has 4 unspecified atom stereocenters. The largest absolute Gasteiger partial charge is 0.490 e. The molecule has 1 aliphatic heterocycles. The van der Waals surface area contributed by atoms with E-state index in [2.05, 4.69) is 28.6 Å². The monoisotopic (exact) mass is 533 g/mol. The number of hydrogen-bond donors (Lipinski definition) is 4. The summed E-state index contributed by atoms with van der Waals surface area (Å²) in [6.07, 6.45) is 0.237. The Hall–Kier alpha value is -1.35. The summed E-state index contributed by atoms with van der Waals surface area (Å²) in [5.41, 5.74) is 0.792. The first-order chi connectivity index (χ1) is 15.2. The molecule has 2 aromatic rings. The molecular formula is C13H22N5O12P3. The molecule has 0 spiro atoms. The van der Waals surface area contributed by atoms with E-state index >= 15 is 0 Å². The lowest BCUT2D eigenvalue weighted by atomic mass is 10.2. The van der Waals surface area contributed by atoms with Gasteiger partial charge in [0.05, 0.1) is 18.4 Å². The Balaban J connectivity index is 1.66. The Bertz CT molecular complexity index is 1220. The SMILES string of the molecule is CCCc1nn(C)c2c(=O)n(C3CCC(COP(=O)(O)OP(=O)(O)OP(=O)(O)O)O3)nnc12. The molecule has 3 rings (SSSR count). The summed E-state index contributed by atoms with van der Waals surface area (Å²) < 4.78 is 53.7. The smallest absolute Gasteiger partial charge is 0.351 e. The van der Waals surface area contributed by atoms with E-state index in [0.717, 1.165) is 11.1 Å². The normalized spacial score (nSPS) is 23.0. The zero-order chi connectivity index (χ0) is 24.6. The molecule has 0 aromatic carbocycles. The second-order valence-corrected chi connectivity index (χ2v) is 11.5. The zero-order valence-electron chi connectivity index (χ0n) is 17.3. The minimum absolute atomic E-state index is 0.244. The number of rotatable bonds is 10. The van der Waals surface area contributed by atoms with Crippen molar-refractivity contribution in [3.05, 3.63) is 16.0 Å². The maximum Gasteiger partial charge on any atom is 0.490 e. The molecule has 186 valence electrons. The van der Waals surface area contributed by atoms with Crippen LogP contribution in [0, 0.1) is 0 Å². The molecule has 0 radical (unpaired) electrons. The molecule has 0 aliphatic carbocycles. The fourth-order valence-corrected chi connectivity index (χ4v) is 6.27.